The Kier molecular flexibility index (Phi) is 5.58. The van der Waals surface area contributed by atoms with Crippen LogP contribution in [0.25, 0.3) is 0 Å². The monoisotopic (exact) mass is 374 g/mol. The van der Waals surface area contributed by atoms with E-state index in [4.69, 9.17) is 9.47 Å². The van der Waals surface area contributed by atoms with Crippen molar-refractivity contribution >= 4 is 28.2 Å². The van der Waals surface area contributed by atoms with E-state index in [0.717, 1.165) is 36.5 Å². The molecule has 2 aromatic rings. The number of hydrogen-bond donors (Lipinski definition) is 1. The maximum Gasteiger partial charge on any atom is 0.341 e. The molecular formula is C19H22N2O4S. The van der Waals surface area contributed by atoms with Crippen molar-refractivity contribution in [2.24, 2.45) is 0 Å². The Balaban J connectivity index is 1.89. The molecule has 3 rings (SSSR count). The fraction of sp³-hybridized carbons (Fsp3) is 0.368. The molecule has 0 unspecified atom stereocenters. The minimum atomic E-state index is -0.405. The van der Waals surface area contributed by atoms with Gasteiger partial charge < -0.3 is 14.8 Å². The third-order valence-electron chi connectivity index (χ3n) is 4.55. The van der Waals surface area contributed by atoms with E-state index >= 15 is 0 Å². The van der Waals surface area contributed by atoms with Crippen LogP contribution in [0.3, 0.4) is 0 Å². The molecule has 0 bridgehead atoms. The van der Waals surface area contributed by atoms with Crippen LogP contribution >= 0.6 is 11.3 Å². The zero-order valence-electron chi connectivity index (χ0n) is 15.1. The van der Waals surface area contributed by atoms with E-state index in [1.165, 1.54) is 18.4 Å². The van der Waals surface area contributed by atoms with Crippen LogP contribution in [-0.2, 0) is 17.7 Å². The Morgan fingerprint density at radius 1 is 1.23 bits per heavy atom. The fourth-order valence-electron chi connectivity index (χ4n) is 3.05. The Morgan fingerprint density at radius 2 is 1.96 bits per heavy atom. The van der Waals surface area contributed by atoms with E-state index in [2.05, 4.69) is 17.1 Å². The van der Waals surface area contributed by atoms with Crippen LogP contribution in [0.4, 0.5) is 5.00 Å². The molecule has 7 heteroatoms. The second kappa shape index (κ2) is 7.88. The van der Waals surface area contributed by atoms with E-state index in [1.807, 2.05) is 0 Å². The number of esters is 1. The first-order valence-corrected chi connectivity index (χ1v) is 9.29. The summed E-state index contributed by atoms with van der Waals surface area (Å²) in [5, 5.41) is 3.45. The van der Waals surface area contributed by atoms with Gasteiger partial charge in [0, 0.05) is 23.5 Å². The maximum absolute atomic E-state index is 12.6. The van der Waals surface area contributed by atoms with Crippen molar-refractivity contribution in [3.8, 4) is 5.75 Å². The Labute approximate surface area is 156 Å². The van der Waals surface area contributed by atoms with E-state index in [-0.39, 0.29) is 5.91 Å². The van der Waals surface area contributed by atoms with Crippen molar-refractivity contribution < 1.29 is 19.1 Å². The molecule has 0 fully saturated rings. The number of thiophene rings is 1. The number of likely N-dealkylation sites (N-methyl/N-ethyl adjacent to an activating group) is 1. The van der Waals surface area contributed by atoms with Crippen LogP contribution in [0.1, 0.15) is 38.1 Å². The van der Waals surface area contributed by atoms with Crippen LogP contribution in [0.2, 0.25) is 0 Å². The molecule has 26 heavy (non-hydrogen) atoms. The van der Waals surface area contributed by atoms with Crippen molar-refractivity contribution in [3.05, 3.63) is 45.8 Å². The average molecular weight is 374 g/mol. The van der Waals surface area contributed by atoms with Crippen molar-refractivity contribution in [1.82, 2.24) is 4.90 Å². The predicted molar refractivity (Wildman–Crippen MR) is 101 cm³/mol. The second-order valence-corrected chi connectivity index (χ2v) is 7.11. The van der Waals surface area contributed by atoms with Gasteiger partial charge in [0.15, 0.2) is 0 Å². The number of nitrogens with zero attached hydrogens (tertiary/aromatic N) is 1. The molecule has 1 N–H and O–H groups in total. The van der Waals surface area contributed by atoms with E-state index in [0.29, 0.717) is 21.9 Å². The predicted octanol–water partition coefficient (Wildman–Crippen LogP) is 3.17. The van der Waals surface area contributed by atoms with Gasteiger partial charge in [0.25, 0.3) is 5.91 Å². The highest BCUT2D eigenvalue weighted by atomic mass is 32.1. The lowest BCUT2D eigenvalue weighted by Crippen LogP contribution is -2.29. The molecule has 0 radical (unpaired) electrons. The van der Waals surface area contributed by atoms with Gasteiger partial charge in [-0.2, -0.15) is 0 Å². The summed E-state index contributed by atoms with van der Waals surface area (Å²) in [5.41, 5.74) is 1.99. The smallest absolute Gasteiger partial charge is 0.341 e. The topological polar surface area (TPSA) is 67.9 Å². The lowest BCUT2D eigenvalue weighted by Gasteiger charge is -2.25. The quantitative estimate of drug-likeness (QED) is 0.814. The molecule has 0 saturated heterocycles. The molecule has 0 saturated carbocycles. The van der Waals surface area contributed by atoms with Gasteiger partial charge >= 0.3 is 5.97 Å². The largest absolute Gasteiger partial charge is 0.497 e. The number of ether oxygens (including phenoxy) is 2. The van der Waals surface area contributed by atoms with E-state index in [9.17, 15) is 9.59 Å². The van der Waals surface area contributed by atoms with Crippen molar-refractivity contribution in [1.29, 1.82) is 0 Å². The summed E-state index contributed by atoms with van der Waals surface area (Å²) in [6, 6.07) is 6.85. The molecule has 0 aliphatic carbocycles. The summed E-state index contributed by atoms with van der Waals surface area (Å²) in [4.78, 5) is 28.4. The van der Waals surface area contributed by atoms with E-state index in [1.54, 1.807) is 31.4 Å². The number of carbonyl (C=O) groups excluding carboxylic acids is 2. The molecule has 0 spiro atoms. The molecule has 1 aliphatic rings. The molecule has 138 valence electrons. The highest BCUT2D eigenvalue weighted by Gasteiger charge is 2.29. The van der Waals surface area contributed by atoms with Gasteiger partial charge in [0.05, 0.1) is 19.8 Å². The van der Waals surface area contributed by atoms with Gasteiger partial charge in [0.2, 0.25) is 0 Å². The summed E-state index contributed by atoms with van der Waals surface area (Å²) in [6.45, 7) is 4.76. The number of nitrogens with one attached hydrogen (secondary N) is 1. The van der Waals surface area contributed by atoms with Crippen LogP contribution in [-0.4, -0.2) is 44.1 Å². The van der Waals surface area contributed by atoms with Crippen LogP contribution in [0.15, 0.2) is 24.3 Å². The van der Waals surface area contributed by atoms with E-state index < -0.39 is 5.97 Å². The normalized spacial score (nSPS) is 13.8. The first-order chi connectivity index (χ1) is 12.6. The third kappa shape index (κ3) is 3.59. The highest BCUT2D eigenvalue weighted by molar-refractivity contribution is 7.17. The third-order valence-corrected chi connectivity index (χ3v) is 5.68. The van der Waals surface area contributed by atoms with Crippen molar-refractivity contribution in [3.63, 3.8) is 0 Å². The summed E-state index contributed by atoms with van der Waals surface area (Å²) >= 11 is 1.46. The van der Waals surface area contributed by atoms with Gasteiger partial charge in [0.1, 0.15) is 10.8 Å². The van der Waals surface area contributed by atoms with Crippen LogP contribution in [0, 0.1) is 0 Å². The van der Waals surface area contributed by atoms with Crippen molar-refractivity contribution in [2.75, 3.05) is 32.6 Å². The lowest BCUT2D eigenvalue weighted by molar-refractivity contribution is 0.0600. The molecule has 0 atom stereocenters. The van der Waals surface area contributed by atoms with Crippen molar-refractivity contribution in [2.45, 2.75) is 19.9 Å². The van der Waals surface area contributed by atoms with Crippen LogP contribution < -0.4 is 10.1 Å². The zero-order chi connectivity index (χ0) is 18.7. The molecule has 1 aliphatic heterocycles. The number of fused-ring (bicyclic) bond motifs is 1. The molecule has 6 nitrogen and oxygen atoms in total. The summed E-state index contributed by atoms with van der Waals surface area (Å²) < 4.78 is 10.1. The number of hydrogen-bond acceptors (Lipinski definition) is 6. The number of benzene rings is 1. The number of carbonyl (C=O) groups is 2. The standard InChI is InChI=1S/C19H22N2O4S/c1-4-21-10-9-14-15(11-21)26-18(16(14)19(23)25-3)20-17(22)12-5-7-13(24-2)8-6-12/h5-8H,4,9-11H2,1-3H3,(H,20,22). The molecule has 2 heterocycles. The Bertz CT molecular complexity index is 814. The number of anilines is 1. The molecule has 1 aromatic carbocycles. The minimum absolute atomic E-state index is 0.260. The highest BCUT2D eigenvalue weighted by Crippen LogP contribution is 2.37. The fourth-order valence-corrected chi connectivity index (χ4v) is 4.32. The van der Waals surface area contributed by atoms with Gasteiger partial charge in [-0.3, -0.25) is 9.69 Å². The van der Waals surface area contributed by atoms with Gasteiger partial charge in [-0.05, 0) is 42.8 Å². The average Bonchev–Trinajstić information content (AvgIpc) is 3.04. The molecule has 1 aromatic heterocycles. The summed E-state index contributed by atoms with van der Waals surface area (Å²) in [6.07, 6.45) is 0.780. The van der Waals surface area contributed by atoms with Gasteiger partial charge in [-0.15, -0.1) is 11.3 Å². The molecular weight excluding hydrogens is 352 g/mol. The SMILES string of the molecule is CCN1CCc2c(sc(NC(=O)c3ccc(OC)cc3)c2C(=O)OC)C1. The van der Waals surface area contributed by atoms with Gasteiger partial charge in [-0.25, -0.2) is 4.79 Å². The summed E-state index contributed by atoms with van der Waals surface area (Å²) in [5.74, 6) is 0.0178. The summed E-state index contributed by atoms with van der Waals surface area (Å²) in [7, 11) is 2.94. The first-order valence-electron chi connectivity index (χ1n) is 8.48. The number of amides is 1. The number of methoxy groups -OCH3 is 2. The Morgan fingerprint density at radius 3 is 2.58 bits per heavy atom. The second-order valence-electron chi connectivity index (χ2n) is 6.00. The zero-order valence-corrected chi connectivity index (χ0v) is 15.9. The Hall–Kier alpha value is -2.38. The first kappa shape index (κ1) is 18.4. The van der Waals surface area contributed by atoms with Gasteiger partial charge in [-0.1, -0.05) is 6.92 Å². The van der Waals surface area contributed by atoms with Crippen LogP contribution in [0.5, 0.6) is 5.75 Å². The lowest BCUT2D eigenvalue weighted by atomic mass is 10.0. The molecule has 1 amide bonds. The number of rotatable bonds is 5. The minimum Gasteiger partial charge on any atom is -0.497 e. The maximum atomic E-state index is 12.6.